The predicted molar refractivity (Wildman–Crippen MR) is 177 cm³/mol. The van der Waals surface area contributed by atoms with E-state index in [0.717, 1.165) is 47.2 Å². The molecule has 41 heavy (non-hydrogen) atoms. The molecule has 0 atom stereocenters. The van der Waals surface area contributed by atoms with Crippen LogP contribution in [0.1, 0.15) is 67.3 Å². The Kier molecular flexibility index (Phi) is 18.2. The third-order valence-electron chi connectivity index (χ3n) is 6.23. The van der Waals surface area contributed by atoms with E-state index < -0.39 is 0 Å². The molecule has 0 radical (unpaired) electrons. The van der Waals surface area contributed by atoms with Gasteiger partial charge in [-0.05, 0) is 58.9 Å². The summed E-state index contributed by atoms with van der Waals surface area (Å²) >= 11 is 3.36. The van der Waals surface area contributed by atoms with Crippen molar-refractivity contribution in [1.29, 1.82) is 0 Å². The molecule has 0 aromatic heterocycles. The number of rotatable bonds is 9. The van der Waals surface area contributed by atoms with Gasteiger partial charge in [-0.15, -0.1) is 36.5 Å². The van der Waals surface area contributed by atoms with Crippen LogP contribution in [-0.2, 0) is 32.6 Å². The van der Waals surface area contributed by atoms with Crippen molar-refractivity contribution in [3.05, 3.63) is 149 Å². The van der Waals surface area contributed by atoms with E-state index in [1.54, 1.807) is 0 Å². The molecule has 2 N–H and O–H groups in total. The van der Waals surface area contributed by atoms with Crippen LogP contribution in [0.3, 0.4) is 0 Å². The summed E-state index contributed by atoms with van der Waals surface area (Å²) in [5.74, 6) is 1.28. The van der Waals surface area contributed by atoms with Crippen LogP contribution in [0.15, 0.2) is 102 Å². The van der Waals surface area contributed by atoms with Crippen LogP contribution in [0.2, 0.25) is 0 Å². The van der Waals surface area contributed by atoms with Crippen molar-refractivity contribution in [1.82, 2.24) is 5.32 Å². The minimum Gasteiger partial charge on any atom is -0.683 e. The molecule has 3 nitrogen and oxygen atoms in total. The standard InChI is InChI=1S/C22H30BrN2O.2C7H7.Zr/c1-15(2)18-8-6-9-19(16(3)4)21(18)25-14-13-24-12-11-17-7-5-10-20(23)22(17)26;2*1-7-5-3-2-4-6-7;/h5-10,15-16,24,26H,11-14H2,1-4H3;2*2-6H,1H2;/q3*-1;+4. The third kappa shape index (κ3) is 13.8. The molecule has 4 aromatic carbocycles. The summed E-state index contributed by atoms with van der Waals surface area (Å²) in [6.07, 6.45) is 0.797. The molecular weight excluding hydrogens is 648 g/mol. The number of hydrogen-bond donors (Lipinski definition) is 2. The van der Waals surface area contributed by atoms with Gasteiger partial charge >= 0.3 is 26.2 Å². The predicted octanol–water partition coefficient (Wildman–Crippen LogP) is 9.97. The molecule has 0 unspecified atom stereocenters. The van der Waals surface area contributed by atoms with Crippen LogP contribution >= 0.6 is 15.9 Å². The fraction of sp³-hybridized carbons (Fsp3) is 0.278. The van der Waals surface area contributed by atoms with Crippen LogP contribution < -0.4 is 5.32 Å². The summed E-state index contributed by atoms with van der Waals surface area (Å²) in [7, 11) is 0. The van der Waals surface area contributed by atoms with Crippen molar-refractivity contribution >= 4 is 21.6 Å². The van der Waals surface area contributed by atoms with E-state index in [1.807, 2.05) is 78.9 Å². The van der Waals surface area contributed by atoms with Gasteiger partial charge in [-0.25, -0.2) is 0 Å². The maximum Gasteiger partial charge on any atom is 4.00 e. The van der Waals surface area contributed by atoms with E-state index >= 15 is 0 Å². The topological polar surface area (TPSA) is 46.4 Å². The Balaban J connectivity index is 0.000000453. The second kappa shape index (κ2) is 20.4. The molecule has 0 aliphatic rings. The quantitative estimate of drug-likeness (QED) is 0.136. The third-order valence-corrected chi connectivity index (χ3v) is 6.87. The number of nitrogens with zero attached hydrogens (tertiary/aromatic N) is 1. The van der Waals surface area contributed by atoms with Crippen LogP contribution in [0.5, 0.6) is 5.75 Å². The molecule has 0 bridgehead atoms. The Morgan fingerprint density at radius 3 is 1.63 bits per heavy atom. The van der Waals surface area contributed by atoms with Gasteiger partial charge in [0, 0.05) is 0 Å². The van der Waals surface area contributed by atoms with Crippen molar-refractivity contribution in [2.24, 2.45) is 0 Å². The summed E-state index contributed by atoms with van der Waals surface area (Å²) in [5.41, 5.74) is 6.93. The molecule has 0 aliphatic carbocycles. The van der Waals surface area contributed by atoms with Gasteiger partial charge in [0.1, 0.15) is 5.75 Å². The first-order valence-electron chi connectivity index (χ1n) is 13.9. The van der Waals surface area contributed by atoms with Gasteiger partial charge in [-0.3, -0.25) is 0 Å². The smallest absolute Gasteiger partial charge is 0.683 e. The number of phenols is 1. The number of halogens is 1. The number of nitrogens with one attached hydrogen (secondary N) is 1. The molecule has 5 heteroatoms. The average Bonchev–Trinajstić information content (AvgIpc) is 2.94. The van der Waals surface area contributed by atoms with Crippen LogP contribution in [0, 0.1) is 13.8 Å². The largest absolute Gasteiger partial charge is 4.00 e. The van der Waals surface area contributed by atoms with Crippen molar-refractivity contribution < 1.29 is 31.3 Å². The summed E-state index contributed by atoms with van der Waals surface area (Å²) < 4.78 is 0.747. The molecule has 0 amide bonds. The second-order valence-corrected chi connectivity index (χ2v) is 11.0. The summed E-state index contributed by atoms with van der Waals surface area (Å²) in [6.45, 7) is 18.7. The van der Waals surface area contributed by atoms with Gasteiger partial charge in [-0.1, -0.05) is 81.3 Å². The SMILES string of the molecule is CC(C)c1cccc(C(C)C)c1[N-]CCNCCc1cccc(Br)c1O.[CH2-]c1ccccc1.[CH2-]c1ccccc1.[Zr+4]. The second-order valence-electron chi connectivity index (χ2n) is 10.2. The Hall–Kier alpha value is -2.46. The minimum atomic E-state index is 0. The number of phenolic OH excluding ortho intramolecular Hbond substituents is 1. The first-order chi connectivity index (χ1) is 19.2. The van der Waals surface area contributed by atoms with E-state index in [4.69, 9.17) is 5.32 Å². The molecule has 4 rings (SSSR count). The monoisotopic (exact) mass is 689 g/mol. The van der Waals surface area contributed by atoms with Crippen molar-refractivity contribution in [2.45, 2.75) is 46.0 Å². The number of aromatic hydroxyl groups is 1. The molecule has 0 fully saturated rings. The molecule has 0 aliphatic heterocycles. The van der Waals surface area contributed by atoms with Gasteiger partial charge in [0.2, 0.25) is 0 Å². The van der Waals surface area contributed by atoms with Gasteiger partial charge in [0.05, 0.1) is 4.47 Å². The molecule has 0 saturated carbocycles. The van der Waals surface area contributed by atoms with Crippen molar-refractivity contribution in [3.8, 4) is 5.75 Å². The van der Waals surface area contributed by atoms with Crippen molar-refractivity contribution in [3.63, 3.8) is 0 Å². The average molecular weight is 692 g/mol. The molecule has 0 heterocycles. The van der Waals surface area contributed by atoms with Gasteiger partial charge in [0.25, 0.3) is 0 Å². The molecule has 0 saturated heterocycles. The van der Waals surface area contributed by atoms with E-state index in [0.29, 0.717) is 17.6 Å². The van der Waals surface area contributed by atoms with Crippen LogP contribution in [-0.4, -0.2) is 24.7 Å². The van der Waals surface area contributed by atoms with E-state index in [1.165, 1.54) is 16.8 Å². The van der Waals surface area contributed by atoms with Gasteiger partial charge in [0.15, 0.2) is 0 Å². The summed E-state index contributed by atoms with van der Waals surface area (Å²) in [5, 5.41) is 18.4. The number of hydrogen-bond acceptors (Lipinski definition) is 2. The zero-order valence-electron chi connectivity index (χ0n) is 24.9. The maximum atomic E-state index is 10.0. The Labute approximate surface area is 276 Å². The molecule has 4 aromatic rings. The van der Waals surface area contributed by atoms with E-state index in [2.05, 4.69) is 81.0 Å². The van der Waals surface area contributed by atoms with Crippen LogP contribution in [0.4, 0.5) is 5.69 Å². The van der Waals surface area contributed by atoms with Gasteiger partial charge in [-0.2, -0.15) is 49.2 Å². The first kappa shape index (κ1) is 36.6. The fourth-order valence-electron chi connectivity index (χ4n) is 4.01. The Morgan fingerprint density at radius 1 is 0.707 bits per heavy atom. The normalized spacial score (nSPS) is 10.1. The van der Waals surface area contributed by atoms with Crippen LogP contribution in [0.25, 0.3) is 5.32 Å². The molecular formula is C36H44BrN2OZr+. The Bertz CT molecular complexity index is 1180. The zero-order valence-corrected chi connectivity index (χ0v) is 29.0. The molecule has 0 spiro atoms. The number of para-hydroxylation sites is 2. The van der Waals surface area contributed by atoms with E-state index in [-0.39, 0.29) is 26.2 Å². The summed E-state index contributed by atoms with van der Waals surface area (Å²) in [4.78, 5) is 0. The summed E-state index contributed by atoms with van der Waals surface area (Å²) in [6, 6.07) is 32.0. The zero-order chi connectivity index (χ0) is 29.3. The minimum absolute atomic E-state index is 0. The fourth-order valence-corrected chi connectivity index (χ4v) is 4.41. The Morgan fingerprint density at radius 2 is 1.20 bits per heavy atom. The van der Waals surface area contributed by atoms with Crippen molar-refractivity contribution in [2.75, 3.05) is 19.6 Å². The molecule has 214 valence electrons. The first-order valence-corrected chi connectivity index (χ1v) is 14.7. The van der Waals surface area contributed by atoms with Gasteiger partial charge < -0.3 is 15.7 Å². The maximum absolute atomic E-state index is 10.0. The number of benzene rings is 4. The van der Waals surface area contributed by atoms with E-state index in [9.17, 15) is 5.11 Å².